The number of nitrogens with one attached hydrogen (secondary N) is 1. The van der Waals surface area contributed by atoms with E-state index >= 15 is 0 Å². The lowest BCUT2D eigenvalue weighted by Crippen LogP contribution is -2.30. The Morgan fingerprint density at radius 2 is 2.10 bits per heavy atom. The highest BCUT2D eigenvalue weighted by molar-refractivity contribution is 6.03. The first-order valence-corrected chi connectivity index (χ1v) is 9.42. The first kappa shape index (κ1) is 17.5. The van der Waals surface area contributed by atoms with Crippen LogP contribution in [0, 0.1) is 6.92 Å². The standard InChI is InChI=1S/C20H20N8O/c1-13-19(20(29)22-18-10-15-12-26(2)8-9-27(15)24-18)23-25-28(13)17-5-3-4-14-11-21-7-6-16(14)17/h3-7,10-11H,8-9,12H2,1-2H3,(H,22,24,29). The van der Waals surface area contributed by atoms with Crippen molar-refractivity contribution in [2.45, 2.75) is 20.0 Å². The number of carbonyl (C=O) groups excluding carboxylic acids is 1. The highest BCUT2D eigenvalue weighted by atomic mass is 16.2. The van der Waals surface area contributed by atoms with Crippen molar-refractivity contribution >= 4 is 22.5 Å². The van der Waals surface area contributed by atoms with E-state index in [-0.39, 0.29) is 11.6 Å². The fraction of sp³-hybridized carbons (Fsp3) is 0.250. The quantitative estimate of drug-likeness (QED) is 0.577. The predicted octanol–water partition coefficient (Wildman–Crippen LogP) is 2.02. The number of pyridine rings is 1. The summed E-state index contributed by atoms with van der Waals surface area (Å²) in [5.41, 5.74) is 2.88. The fourth-order valence-corrected chi connectivity index (χ4v) is 3.69. The van der Waals surface area contributed by atoms with E-state index in [9.17, 15) is 4.79 Å². The lowest BCUT2D eigenvalue weighted by Gasteiger charge is -2.22. The molecule has 1 N–H and O–H groups in total. The van der Waals surface area contributed by atoms with Crippen LogP contribution in [0.25, 0.3) is 16.5 Å². The molecule has 4 heterocycles. The molecule has 0 aliphatic carbocycles. The molecular formula is C20H20N8O. The van der Waals surface area contributed by atoms with E-state index in [1.165, 1.54) is 0 Å². The highest BCUT2D eigenvalue weighted by Crippen LogP contribution is 2.23. The van der Waals surface area contributed by atoms with Crippen molar-refractivity contribution in [1.82, 2.24) is 34.7 Å². The minimum absolute atomic E-state index is 0.277. The Morgan fingerprint density at radius 3 is 3.00 bits per heavy atom. The molecule has 9 heteroatoms. The Hall–Kier alpha value is -3.59. The zero-order chi connectivity index (χ0) is 20.0. The zero-order valence-corrected chi connectivity index (χ0v) is 16.2. The fourth-order valence-electron chi connectivity index (χ4n) is 3.69. The molecule has 0 atom stereocenters. The third-order valence-electron chi connectivity index (χ3n) is 5.23. The van der Waals surface area contributed by atoms with E-state index in [0.29, 0.717) is 11.5 Å². The first-order valence-electron chi connectivity index (χ1n) is 9.42. The van der Waals surface area contributed by atoms with Gasteiger partial charge in [-0.3, -0.25) is 19.4 Å². The van der Waals surface area contributed by atoms with Gasteiger partial charge in [0.15, 0.2) is 11.5 Å². The van der Waals surface area contributed by atoms with Gasteiger partial charge in [-0.15, -0.1) is 5.10 Å². The van der Waals surface area contributed by atoms with Gasteiger partial charge in [0.25, 0.3) is 5.91 Å². The van der Waals surface area contributed by atoms with E-state index in [2.05, 4.69) is 37.7 Å². The predicted molar refractivity (Wildman–Crippen MR) is 108 cm³/mol. The van der Waals surface area contributed by atoms with Crippen LogP contribution in [0.4, 0.5) is 5.82 Å². The number of carbonyl (C=O) groups is 1. The van der Waals surface area contributed by atoms with Gasteiger partial charge in [0.1, 0.15) is 0 Å². The molecule has 146 valence electrons. The van der Waals surface area contributed by atoms with Crippen LogP contribution in [-0.2, 0) is 13.1 Å². The van der Waals surface area contributed by atoms with Crippen LogP contribution in [-0.4, -0.2) is 54.2 Å². The number of anilines is 1. The monoisotopic (exact) mass is 388 g/mol. The van der Waals surface area contributed by atoms with E-state index in [1.54, 1.807) is 17.1 Å². The van der Waals surface area contributed by atoms with E-state index in [4.69, 9.17) is 0 Å². The molecule has 0 radical (unpaired) electrons. The average Bonchev–Trinajstić information content (AvgIpc) is 3.29. The van der Waals surface area contributed by atoms with Gasteiger partial charge < -0.3 is 5.32 Å². The molecule has 1 aromatic carbocycles. The summed E-state index contributed by atoms with van der Waals surface area (Å²) >= 11 is 0. The van der Waals surface area contributed by atoms with Crippen molar-refractivity contribution in [3.8, 4) is 5.69 Å². The highest BCUT2D eigenvalue weighted by Gasteiger charge is 2.21. The maximum atomic E-state index is 12.8. The summed E-state index contributed by atoms with van der Waals surface area (Å²) in [6, 6.07) is 9.71. The maximum absolute atomic E-state index is 12.8. The maximum Gasteiger partial charge on any atom is 0.279 e. The van der Waals surface area contributed by atoms with Gasteiger partial charge in [0.05, 0.1) is 23.6 Å². The van der Waals surface area contributed by atoms with Crippen molar-refractivity contribution in [2.24, 2.45) is 0 Å². The lowest BCUT2D eigenvalue weighted by molar-refractivity contribution is 0.102. The second-order valence-corrected chi connectivity index (χ2v) is 7.25. The summed E-state index contributed by atoms with van der Waals surface area (Å²) in [5, 5.41) is 17.7. The van der Waals surface area contributed by atoms with E-state index in [0.717, 1.165) is 41.8 Å². The molecule has 1 amide bonds. The molecular weight excluding hydrogens is 368 g/mol. The average molecular weight is 388 g/mol. The van der Waals surface area contributed by atoms with E-state index in [1.807, 2.05) is 41.9 Å². The minimum Gasteiger partial charge on any atom is -0.304 e. The number of rotatable bonds is 3. The van der Waals surface area contributed by atoms with Crippen LogP contribution in [0.2, 0.25) is 0 Å². The van der Waals surface area contributed by atoms with Crippen LogP contribution in [0.15, 0.2) is 42.7 Å². The van der Waals surface area contributed by atoms with Crippen LogP contribution >= 0.6 is 0 Å². The molecule has 1 aliphatic heterocycles. The summed E-state index contributed by atoms with van der Waals surface area (Å²) in [6.07, 6.45) is 3.54. The summed E-state index contributed by atoms with van der Waals surface area (Å²) in [4.78, 5) is 19.2. The third kappa shape index (κ3) is 3.05. The number of amides is 1. The molecule has 0 saturated heterocycles. The molecule has 0 fully saturated rings. The smallest absolute Gasteiger partial charge is 0.279 e. The first-order chi connectivity index (χ1) is 14.1. The number of likely N-dealkylation sites (N-methyl/N-ethyl adjacent to an activating group) is 1. The van der Waals surface area contributed by atoms with Crippen LogP contribution in [0.3, 0.4) is 0 Å². The van der Waals surface area contributed by atoms with Gasteiger partial charge in [-0.25, -0.2) is 4.68 Å². The number of aromatic nitrogens is 6. The summed E-state index contributed by atoms with van der Waals surface area (Å²) in [7, 11) is 2.07. The van der Waals surface area contributed by atoms with E-state index < -0.39 is 0 Å². The second-order valence-electron chi connectivity index (χ2n) is 7.25. The number of nitrogens with zero attached hydrogens (tertiary/aromatic N) is 7. The summed E-state index contributed by atoms with van der Waals surface area (Å²) in [5.74, 6) is 0.213. The lowest BCUT2D eigenvalue weighted by atomic mass is 10.1. The number of benzene rings is 1. The largest absolute Gasteiger partial charge is 0.304 e. The summed E-state index contributed by atoms with van der Waals surface area (Å²) in [6.45, 7) is 4.40. The van der Waals surface area contributed by atoms with Gasteiger partial charge in [-0.05, 0) is 26.1 Å². The number of hydrogen-bond donors (Lipinski definition) is 1. The normalized spacial score (nSPS) is 14.1. The summed E-state index contributed by atoms with van der Waals surface area (Å²) < 4.78 is 3.62. The van der Waals surface area contributed by atoms with Gasteiger partial charge in [0.2, 0.25) is 0 Å². The Morgan fingerprint density at radius 1 is 1.21 bits per heavy atom. The Labute approximate surface area is 167 Å². The molecule has 0 saturated carbocycles. The Bertz CT molecular complexity index is 1220. The molecule has 3 aromatic heterocycles. The number of fused-ring (bicyclic) bond motifs is 2. The van der Waals surface area contributed by atoms with Crippen molar-refractivity contribution in [3.63, 3.8) is 0 Å². The van der Waals surface area contributed by atoms with Crippen molar-refractivity contribution < 1.29 is 4.79 Å². The number of hydrogen-bond acceptors (Lipinski definition) is 6. The molecule has 4 aromatic rings. The molecule has 0 unspecified atom stereocenters. The molecule has 9 nitrogen and oxygen atoms in total. The molecule has 0 bridgehead atoms. The zero-order valence-electron chi connectivity index (χ0n) is 16.2. The van der Waals surface area contributed by atoms with Crippen molar-refractivity contribution in [2.75, 3.05) is 18.9 Å². The Balaban J connectivity index is 1.44. The SMILES string of the molecule is Cc1c(C(=O)Nc2cc3n(n2)CCN(C)C3)nnn1-c1cccc2cnccc12. The second kappa shape index (κ2) is 6.78. The molecule has 1 aliphatic rings. The minimum atomic E-state index is -0.320. The topological polar surface area (TPSA) is 93.8 Å². The molecule has 5 rings (SSSR count). The van der Waals surface area contributed by atoms with Crippen LogP contribution in [0.5, 0.6) is 0 Å². The van der Waals surface area contributed by atoms with Crippen LogP contribution in [0.1, 0.15) is 21.9 Å². The van der Waals surface area contributed by atoms with Gasteiger partial charge in [-0.2, -0.15) is 5.10 Å². The van der Waals surface area contributed by atoms with Gasteiger partial charge in [-0.1, -0.05) is 17.3 Å². The van der Waals surface area contributed by atoms with Crippen molar-refractivity contribution in [1.29, 1.82) is 0 Å². The molecule has 0 spiro atoms. The Kier molecular flexibility index (Phi) is 4.09. The molecule has 29 heavy (non-hydrogen) atoms. The third-order valence-corrected chi connectivity index (χ3v) is 5.23. The van der Waals surface area contributed by atoms with Gasteiger partial charge in [0, 0.05) is 42.3 Å². The van der Waals surface area contributed by atoms with Gasteiger partial charge >= 0.3 is 0 Å². The van der Waals surface area contributed by atoms with Crippen molar-refractivity contribution in [3.05, 3.63) is 59.8 Å². The van der Waals surface area contributed by atoms with Crippen LogP contribution < -0.4 is 5.32 Å².